The van der Waals surface area contributed by atoms with Gasteiger partial charge in [-0.1, -0.05) is 135 Å². The van der Waals surface area contributed by atoms with Crippen LogP contribution in [0.15, 0.2) is 133 Å². The predicted molar refractivity (Wildman–Crippen MR) is 186 cm³/mol. The minimum atomic E-state index is -1.39. The molecule has 0 radical (unpaired) electrons. The van der Waals surface area contributed by atoms with Gasteiger partial charge in [0.25, 0.3) is 5.91 Å². The van der Waals surface area contributed by atoms with E-state index in [9.17, 15) is 14.4 Å². The molecule has 2 amide bonds. The van der Waals surface area contributed by atoms with E-state index < -0.39 is 23.7 Å². The van der Waals surface area contributed by atoms with Gasteiger partial charge in [-0.15, -0.1) is 0 Å². The van der Waals surface area contributed by atoms with Gasteiger partial charge in [0.2, 0.25) is 0 Å². The standard InChI is InChI=1S/C41H38N2O5/c1-27(2)37(43-40(46)47-26-36-34-20-12-10-18-32(34)33-19-11-13-21-35(33)36)39(45)48-41(29-14-6-4-7-15-29,30-16-8-5-9-17-30)31-24-22-28(23-25-31)38(44)42-3/h4-25,27,36-37H,26H2,1-3H3,(H,42,44)(H,43,46)/t37-/m1/s1. The summed E-state index contributed by atoms with van der Waals surface area (Å²) < 4.78 is 12.4. The van der Waals surface area contributed by atoms with Crippen LogP contribution in [-0.4, -0.2) is 37.7 Å². The summed E-state index contributed by atoms with van der Waals surface area (Å²) in [5.41, 5.74) is 5.61. The third-order valence-corrected chi connectivity index (χ3v) is 8.93. The third kappa shape index (κ3) is 6.19. The molecule has 1 atom stereocenters. The molecule has 0 heterocycles. The maximum atomic E-state index is 14.3. The lowest BCUT2D eigenvalue weighted by Gasteiger charge is -2.37. The van der Waals surface area contributed by atoms with Crippen molar-refractivity contribution in [3.8, 4) is 11.1 Å². The first kappa shape index (κ1) is 32.3. The molecule has 0 unspecified atom stereocenters. The molecule has 0 saturated heterocycles. The maximum Gasteiger partial charge on any atom is 0.407 e. The fraction of sp³-hybridized carbons (Fsp3) is 0.195. The summed E-state index contributed by atoms with van der Waals surface area (Å²) in [6, 6.07) is 41.2. The van der Waals surface area contributed by atoms with Crippen molar-refractivity contribution in [2.75, 3.05) is 13.7 Å². The fourth-order valence-corrected chi connectivity index (χ4v) is 6.50. The lowest BCUT2D eigenvalue weighted by Crippen LogP contribution is -2.49. The molecule has 5 aromatic rings. The van der Waals surface area contributed by atoms with E-state index in [0.717, 1.165) is 22.3 Å². The lowest BCUT2D eigenvalue weighted by atomic mass is 9.79. The predicted octanol–water partition coefficient (Wildman–Crippen LogP) is 7.44. The van der Waals surface area contributed by atoms with Gasteiger partial charge in [0.15, 0.2) is 5.60 Å². The van der Waals surface area contributed by atoms with Crippen LogP contribution in [0.4, 0.5) is 4.79 Å². The van der Waals surface area contributed by atoms with E-state index in [2.05, 4.69) is 34.9 Å². The number of fused-ring (bicyclic) bond motifs is 3. The number of amides is 2. The number of ether oxygens (including phenoxy) is 2. The van der Waals surface area contributed by atoms with Crippen molar-refractivity contribution in [3.05, 3.63) is 167 Å². The molecule has 5 aromatic carbocycles. The number of benzene rings is 5. The number of nitrogens with one attached hydrogen (secondary N) is 2. The van der Waals surface area contributed by atoms with Crippen LogP contribution in [0.25, 0.3) is 11.1 Å². The zero-order valence-electron chi connectivity index (χ0n) is 27.2. The van der Waals surface area contributed by atoms with Gasteiger partial charge in [0.05, 0.1) is 0 Å². The molecular weight excluding hydrogens is 600 g/mol. The molecule has 1 aliphatic carbocycles. The van der Waals surface area contributed by atoms with Crippen LogP contribution in [0, 0.1) is 5.92 Å². The smallest absolute Gasteiger partial charge is 0.407 e. The molecule has 242 valence electrons. The van der Waals surface area contributed by atoms with E-state index in [1.165, 1.54) is 0 Å². The van der Waals surface area contributed by atoms with E-state index in [-0.39, 0.29) is 24.3 Å². The Labute approximate surface area is 280 Å². The summed E-state index contributed by atoms with van der Waals surface area (Å²) in [5.74, 6) is -1.29. The average molecular weight is 639 g/mol. The zero-order chi connectivity index (χ0) is 33.7. The first-order valence-corrected chi connectivity index (χ1v) is 16.1. The quantitative estimate of drug-likeness (QED) is 0.123. The Hall–Kier alpha value is -5.69. The average Bonchev–Trinajstić information content (AvgIpc) is 3.45. The van der Waals surface area contributed by atoms with Gasteiger partial charge in [0, 0.05) is 35.2 Å². The monoisotopic (exact) mass is 638 g/mol. The van der Waals surface area contributed by atoms with Gasteiger partial charge in [0.1, 0.15) is 12.6 Å². The first-order valence-electron chi connectivity index (χ1n) is 16.1. The molecule has 0 saturated carbocycles. The highest BCUT2D eigenvalue weighted by Gasteiger charge is 2.43. The summed E-state index contributed by atoms with van der Waals surface area (Å²) in [5, 5.41) is 5.45. The molecule has 0 aliphatic heterocycles. The van der Waals surface area contributed by atoms with Gasteiger partial charge in [-0.3, -0.25) is 4.79 Å². The molecule has 0 spiro atoms. The maximum absolute atomic E-state index is 14.3. The Bertz CT molecular complexity index is 1820. The van der Waals surface area contributed by atoms with E-state index in [4.69, 9.17) is 9.47 Å². The summed E-state index contributed by atoms with van der Waals surface area (Å²) in [6.07, 6.45) is -0.701. The van der Waals surface area contributed by atoms with Gasteiger partial charge in [-0.05, 0) is 40.3 Å². The number of hydrogen-bond donors (Lipinski definition) is 2. The first-order chi connectivity index (χ1) is 23.3. The van der Waals surface area contributed by atoms with Crippen molar-refractivity contribution >= 4 is 18.0 Å². The largest absolute Gasteiger partial charge is 0.449 e. The lowest BCUT2D eigenvalue weighted by molar-refractivity contribution is -0.157. The molecule has 6 rings (SSSR count). The molecule has 2 N–H and O–H groups in total. The highest BCUT2D eigenvalue weighted by molar-refractivity contribution is 5.94. The van der Waals surface area contributed by atoms with Crippen molar-refractivity contribution in [3.63, 3.8) is 0 Å². The molecule has 7 heteroatoms. The normalized spacial score (nSPS) is 12.8. The minimum Gasteiger partial charge on any atom is -0.449 e. The summed E-state index contributed by atoms with van der Waals surface area (Å²) in [7, 11) is 1.58. The topological polar surface area (TPSA) is 93.7 Å². The van der Waals surface area contributed by atoms with Crippen LogP contribution < -0.4 is 10.6 Å². The van der Waals surface area contributed by atoms with Crippen molar-refractivity contribution in [2.24, 2.45) is 5.92 Å². The second-order valence-electron chi connectivity index (χ2n) is 12.2. The number of carbonyl (C=O) groups is 3. The second-order valence-corrected chi connectivity index (χ2v) is 12.2. The van der Waals surface area contributed by atoms with Crippen molar-refractivity contribution in [1.82, 2.24) is 10.6 Å². The molecule has 48 heavy (non-hydrogen) atoms. The number of esters is 1. The summed E-state index contributed by atoms with van der Waals surface area (Å²) in [6.45, 7) is 3.82. The van der Waals surface area contributed by atoms with E-state index in [1.54, 1.807) is 31.3 Å². The van der Waals surface area contributed by atoms with Gasteiger partial charge in [-0.2, -0.15) is 0 Å². The van der Waals surface area contributed by atoms with Gasteiger partial charge < -0.3 is 20.1 Å². The van der Waals surface area contributed by atoms with E-state index in [0.29, 0.717) is 22.3 Å². The number of carbonyl (C=O) groups excluding carboxylic acids is 3. The van der Waals surface area contributed by atoms with Gasteiger partial charge in [-0.25, -0.2) is 9.59 Å². The van der Waals surface area contributed by atoms with E-state index in [1.807, 2.05) is 98.8 Å². The highest BCUT2D eigenvalue weighted by Crippen LogP contribution is 2.45. The fourth-order valence-electron chi connectivity index (χ4n) is 6.50. The summed E-state index contributed by atoms with van der Waals surface area (Å²) >= 11 is 0. The van der Waals surface area contributed by atoms with Crippen molar-refractivity contribution in [2.45, 2.75) is 31.4 Å². The van der Waals surface area contributed by atoms with E-state index >= 15 is 0 Å². The van der Waals surface area contributed by atoms with Crippen LogP contribution in [-0.2, 0) is 19.9 Å². The number of hydrogen-bond acceptors (Lipinski definition) is 5. The Morgan fingerprint density at radius 3 is 1.65 bits per heavy atom. The minimum absolute atomic E-state index is 0.117. The van der Waals surface area contributed by atoms with Crippen LogP contribution in [0.5, 0.6) is 0 Å². The number of rotatable bonds is 10. The molecular formula is C41H38N2O5. The molecule has 7 nitrogen and oxygen atoms in total. The third-order valence-electron chi connectivity index (χ3n) is 8.93. The van der Waals surface area contributed by atoms with Crippen LogP contribution in [0.1, 0.15) is 57.9 Å². The molecule has 0 aromatic heterocycles. The van der Waals surface area contributed by atoms with Crippen LogP contribution >= 0.6 is 0 Å². The Morgan fingerprint density at radius 1 is 0.667 bits per heavy atom. The Morgan fingerprint density at radius 2 is 1.15 bits per heavy atom. The summed E-state index contributed by atoms with van der Waals surface area (Å²) in [4.78, 5) is 40.0. The zero-order valence-corrected chi connectivity index (χ0v) is 27.2. The van der Waals surface area contributed by atoms with Crippen molar-refractivity contribution < 1.29 is 23.9 Å². The molecule has 0 fully saturated rings. The second kappa shape index (κ2) is 14.0. The van der Waals surface area contributed by atoms with Crippen LogP contribution in [0.3, 0.4) is 0 Å². The van der Waals surface area contributed by atoms with Crippen LogP contribution in [0.2, 0.25) is 0 Å². The highest BCUT2D eigenvalue weighted by atomic mass is 16.6. The SMILES string of the molecule is CNC(=O)c1ccc(C(OC(=O)[C@H](NC(=O)OCC2c3ccccc3-c3ccccc32)C(C)C)(c2ccccc2)c2ccccc2)cc1. The number of alkyl carbamates (subject to hydrolysis) is 1. The molecule has 1 aliphatic rings. The Balaban J connectivity index is 1.29. The van der Waals surface area contributed by atoms with Gasteiger partial charge >= 0.3 is 12.1 Å². The van der Waals surface area contributed by atoms with Crippen molar-refractivity contribution in [1.29, 1.82) is 0 Å². The Kier molecular flexibility index (Phi) is 9.39. The molecule has 0 bridgehead atoms.